The van der Waals surface area contributed by atoms with Crippen LogP contribution in [0.1, 0.15) is 42.7 Å². The van der Waals surface area contributed by atoms with Gasteiger partial charge in [0.2, 0.25) is 0 Å². The van der Waals surface area contributed by atoms with E-state index < -0.39 is 0 Å². The van der Waals surface area contributed by atoms with Crippen molar-refractivity contribution in [1.29, 1.82) is 0 Å². The van der Waals surface area contributed by atoms with Gasteiger partial charge >= 0.3 is 5.97 Å². The Kier molecular flexibility index (Phi) is 4.40. The van der Waals surface area contributed by atoms with Crippen LogP contribution < -0.4 is 0 Å². The lowest BCUT2D eigenvalue weighted by atomic mass is 10.1. The highest BCUT2D eigenvalue weighted by Gasteiger charge is 2.11. The molecule has 0 atom stereocenters. The van der Waals surface area contributed by atoms with Crippen molar-refractivity contribution in [3.63, 3.8) is 0 Å². The maximum atomic E-state index is 11.5. The summed E-state index contributed by atoms with van der Waals surface area (Å²) in [6.45, 7) is 4.41. The molecule has 0 saturated carbocycles. The van der Waals surface area contributed by atoms with Crippen LogP contribution in [0.4, 0.5) is 0 Å². The summed E-state index contributed by atoms with van der Waals surface area (Å²) in [5, 5.41) is 0. The second kappa shape index (κ2) is 5.59. The first-order valence-corrected chi connectivity index (χ1v) is 5.51. The van der Waals surface area contributed by atoms with E-state index in [1.807, 2.05) is 30.8 Å². The minimum Gasteiger partial charge on any atom is -0.461 e. The van der Waals surface area contributed by atoms with Crippen molar-refractivity contribution in [1.82, 2.24) is 4.57 Å². The molecular weight excluding hydrogens is 190 g/mol. The maximum absolute atomic E-state index is 11.5. The van der Waals surface area contributed by atoms with Crippen LogP contribution in [-0.4, -0.2) is 17.1 Å². The average molecular weight is 209 g/mol. The molecule has 3 nitrogen and oxygen atoms in total. The summed E-state index contributed by atoms with van der Waals surface area (Å²) in [6.07, 6.45) is 5.36. The van der Waals surface area contributed by atoms with E-state index in [-0.39, 0.29) is 5.97 Å². The summed E-state index contributed by atoms with van der Waals surface area (Å²) in [5.41, 5.74) is 1.85. The first kappa shape index (κ1) is 11.8. The molecule has 0 N–H and O–H groups in total. The zero-order chi connectivity index (χ0) is 11.3. The average Bonchev–Trinajstić information content (AvgIpc) is 2.57. The number of carbonyl (C=O) groups is 1. The van der Waals surface area contributed by atoms with E-state index in [4.69, 9.17) is 4.74 Å². The molecule has 15 heavy (non-hydrogen) atoms. The SMILES string of the molecule is CCCCc1cc(C(=O)OCC)n(C)c1. The molecule has 0 aromatic carbocycles. The molecule has 0 fully saturated rings. The number of unbranched alkanes of at least 4 members (excludes halogenated alkanes) is 1. The molecule has 0 saturated heterocycles. The number of nitrogens with zero attached hydrogens (tertiary/aromatic N) is 1. The predicted octanol–water partition coefficient (Wildman–Crippen LogP) is 2.54. The normalized spacial score (nSPS) is 10.3. The maximum Gasteiger partial charge on any atom is 0.354 e. The van der Waals surface area contributed by atoms with Crippen molar-refractivity contribution in [2.24, 2.45) is 7.05 Å². The van der Waals surface area contributed by atoms with Crippen molar-refractivity contribution >= 4 is 5.97 Å². The smallest absolute Gasteiger partial charge is 0.354 e. The molecule has 84 valence electrons. The quantitative estimate of drug-likeness (QED) is 0.698. The third-order valence-electron chi connectivity index (χ3n) is 2.37. The van der Waals surface area contributed by atoms with Crippen molar-refractivity contribution < 1.29 is 9.53 Å². The van der Waals surface area contributed by atoms with E-state index in [1.165, 1.54) is 12.0 Å². The molecule has 3 heteroatoms. The molecule has 0 aliphatic heterocycles. The van der Waals surface area contributed by atoms with Gasteiger partial charge < -0.3 is 9.30 Å². The monoisotopic (exact) mass is 209 g/mol. The van der Waals surface area contributed by atoms with E-state index in [2.05, 4.69) is 6.92 Å². The molecule has 0 amide bonds. The first-order chi connectivity index (χ1) is 7.19. The van der Waals surface area contributed by atoms with E-state index >= 15 is 0 Å². The van der Waals surface area contributed by atoms with E-state index in [9.17, 15) is 4.79 Å². The van der Waals surface area contributed by atoms with Gasteiger partial charge in [-0.15, -0.1) is 0 Å². The Bertz CT molecular complexity index is 328. The minimum absolute atomic E-state index is 0.234. The van der Waals surface area contributed by atoms with Crippen LogP contribution in [0.5, 0.6) is 0 Å². The molecule has 0 aliphatic rings. The van der Waals surface area contributed by atoms with Crippen molar-refractivity contribution in [2.75, 3.05) is 6.61 Å². The zero-order valence-corrected chi connectivity index (χ0v) is 9.75. The van der Waals surface area contributed by atoms with Gasteiger partial charge in [-0.05, 0) is 31.4 Å². The Morgan fingerprint density at radius 1 is 1.47 bits per heavy atom. The lowest BCUT2D eigenvalue weighted by molar-refractivity contribution is 0.0515. The van der Waals surface area contributed by atoms with Crippen molar-refractivity contribution in [3.05, 3.63) is 23.5 Å². The van der Waals surface area contributed by atoms with Crippen LogP contribution in [-0.2, 0) is 18.2 Å². The summed E-state index contributed by atoms with van der Waals surface area (Å²) in [6, 6.07) is 1.92. The van der Waals surface area contributed by atoms with Crippen LogP contribution >= 0.6 is 0 Å². The minimum atomic E-state index is -0.234. The molecule has 0 radical (unpaired) electrons. The van der Waals surface area contributed by atoms with Crippen LogP contribution in [0, 0.1) is 0 Å². The van der Waals surface area contributed by atoms with Crippen LogP contribution in [0.3, 0.4) is 0 Å². The largest absolute Gasteiger partial charge is 0.461 e. The molecule has 1 aromatic rings. The van der Waals surface area contributed by atoms with Crippen LogP contribution in [0.2, 0.25) is 0 Å². The van der Waals surface area contributed by atoms with Gasteiger partial charge in [-0.25, -0.2) is 4.79 Å². The van der Waals surface area contributed by atoms with Gasteiger partial charge in [0.05, 0.1) is 6.61 Å². The fraction of sp³-hybridized carbons (Fsp3) is 0.583. The van der Waals surface area contributed by atoms with Gasteiger partial charge in [-0.1, -0.05) is 13.3 Å². The third kappa shape index (κ3) is 3.11. The fourth-order valence-corrected chi connectivity index (χ4v) is 1.56. The van der Waals surface area contributed by atoms with Gasteiger partial charge in [-0.2, -0.15) is 0 Å². The molecule has 0 aliphatic carbocycles. The number of aryl methyl sites for hydroxylation is 2. The van der Waals surface area contributed by atoms with Gasteiger partial charge in [0.25, 0.3) is 0 Å². The number of hydrogen-bond acceptors (Lipinski definition) is 2. The van der Waals surface area contributed by atoms with E-state index in [1.54, 1.807) is 0 Å². The lowest BCUT2D eigenvalue weighted by Gasteiger charge is -2.01. The molecule has 1 rings (SSSR count). The number of rotatable bonds is 5. The predicted molar refractivity (Wildman–Crippen MR) is 60.0 cm³/mol. The van der Waals surface area contributed by atoms with Crippen molar-refractivity contribution in [3.8, 4) is 0 Å². The number of carbonyl (C=O) groups excluding carboxylic acids is 1. The van der Waals surface area contributed by atoms with Crippen molar-refractivity contribution in [2.45, 2.75) is 33.1 Å². The summed E-state index contributed by atoms with van der Waals surface area (Å²) in [7, 11) is 1.88. The summed E-state index contributed by atoms with van der Waals surface area (Å²) >= 11 is 0. The topological polar surface area (TPSA) is 31.2 Å². The number of esters is 1. The second-order valence-corrected chi connectivity index (χ2v) is 3.67. The first-order valence-electron chi connectivity index (χ1n) is 5.51. The molecule has 1 heterocycles. The standard InChI is InChI=1S/C12H19NO2/c1-4-6-7-10-8-11(13(3)9-10)12(14)15-5-2/h8-9H,4-7H2,1-3H3. The summed E-state index contributed by atoms with van der Waals surface area (Å²) in [4.78, 5) is 11.5. The van der Waals surface area contributed by atoms with Crippen LogP contribution in [0.25, 0.3) is 0 Å². The summed E-state index contributed by atoms with van der Waals surface area (Å²) < 4.78 is 6.80. The van der Waals surface area contributed by atoms with Gasteiger partial charge in [0, 0.05) is 13.2 Å². The number of ether oxygens (including phenoxy) is 1. The Morgan fingerprint density at radius 3 is 2.80 bits per heavy atom. The highest BCUT2D eigenvalue weighted by Crippen LogP contribution is 2.11. The fourth-order valence-electron chi connectivity index (χ4n) is 1.56. The van der Waals surface area contributed by atoms with Gasteiger partial charge in [0.15, 0.2) is 0 Å². The molecule has 0 spiro atoms. The molecule has 1 aromatic heterocycles. The number of aromatic nitrogens is 1. The van der Waals surface area contributed by atoms with E-state index in [0.717, 1.165) is 12.8 Å². The Labute approximate surface area is 91.0 Å². The lowest BCUT2D eigenvalue weighted by Crippen LogP contribution is -2.08. The van der Waals surface area contributed by atoms with Crippen LogP contribution in [0.15, 0.2) is 12.3 Å². The van der Waals surface area contributed by atoms with E-state index in [0.29, 0.717) is 12.3 Å². The highest BCUT2D eigenvalue weighted by atomic mass is 16.5. The van der Waals surface area contributed by atoms with Gasteiger partial charge in [0.1, 0.15) is 5.69 Å². The second-order valence-electron chi connectivity index (χ2n) is 3.67. The molecular formula is C12H19NO2. The highest BCUT2D eigenvalue weighted by molar-refractivity contribution is 5.88. The van der Waals surface area contributed by atoms with Gasteiger partial charge in [-0.3, -0.25) is 0 Å². The zero-order valence-electron chi connectivity index (χ0n) is 9.75. The summed E-state index contributed by atoms with van der Waals surface area (Å²) in [5.74, 6) is -0.234. The Morgan fingerprint density at radius 2 is 2.20 bits per heavy atom. The molecule has 0 unspecified atom stereocenters. The Balaban J connectivity index is 2.72. The third-order valence-corrected chi connectivity index (χ3v) is 2.37. The number of hydrogen-bond donors (Lipinski definition) is 0. The Hall–Kier alpha value is -1.25. The molecule has 0 bridgehead atoms.